The normalized spacial score (nSPS) is 9.74. The summed E-state index contributed by atoms with van der Waals surface area (Å²) >= 11 is 0. The molecule has 4 heteroatoms. The molecule has 0 aliphatic carbocycles. The van der Waals surface area contributed by atoms with E-state index in [0.717, 1.165) is 17.1 Å². The molecule has 0 saturated heterocycles. The Bertz CT molecular complexity index is 565. The van der Waals surface area contributed by atoms with E-state index in [4.69, 9.17) is 4.74 Å². The van der Waals surface area contributed by atoms with E-state index in [9.17, 15) is 5.11 Å². The average Bonchev–Trinajstić information content (AvgIpc) is 2.42. The molecule has 0 bridgehead atoms. The number of phenolic OH excluding ortho intramolecular Hbond substituents is 1. The van der Waals surface area contributed by atoms with Crippen LogP contribution in [-0.4, -0.2) is 12.2 Å². The fourth-order valence-corrected chi connectivity index (χ4v) is 1.66. The average molecular weight is 256 g/mol. The number of aromatic hydroxyl groups is 1. The molecule has 0 fully saturated rings. The first-order chi connectivity index (χ1) is 9.19. The van der Waals surface area contributed by atoms with Gasteiger partial charge in [-0.25, -0.2) is 0 Å². The molecule has 0 radical (unpaired) electrons. The number of hydrogen-bond acceptors (Lipinski definition) is 4. The van der Waals surface area contributed by atoms with E-state index < -0.39 is 0 Å². The topological polar surface area (TPSA) is 53.5 Å². The molecule has 2 aromatic rings. The van der Waals surface area contributed by atoms with Crippen molar-refractivity contribution in [3.8, 4) is 11.5 Å². The molecule has 2 aromatic carbocycles. The van der Waals surface area contributed by atoms with Crippen LogP contribution < -0.4 is 15.4 Å². The van der Waals surface area contributed by atoms with Gasteiger partial charge in [0.05, 0.1) is 12.8 Å². The lowest BCUT2D eigenvalue weighted by Gasteiger charge is -2.14. The maximum Gasteiger partial charge on any atom is 0.142 e. The molecule has 98 valence electrons. The highest BCUT2D eigenvalue weighted by Crippen LogP contribution is 2.24. The molecule has 0 aliphatic rings. The van der Waals surface area contributed by atoms with Crippen LogP contribution in [0.25, 0.3) is 0 Å². The number of para-hydroxylation sites is 2. The van der Waals surface area contributed by atoms with E-state index >= 15 is 0 Å². The number of benzene rings is 2. The monoisotopic (exact) mass is 256 g/mol. The predicted molar refractivity (Wildman–Crippen MR) is 77.5 cm³/mol. The molecule has 0 unspecified atom stereocenters. The van der Waals surface area contributed by atoms with Gasteiger partial charge in [-0.1, -0.05) is 18.7 Å². The van der Waals surface area contributed by atoms with Crippen molar-refractivity contribution in [2.75, 3.05) is 17.7 Å². The van der Waals surface area contributed by atoms with Gasteiger partial charge < -0.3 is 20.5 Å². The molecular weight excluding hydrogens is 240 g/mol. The summed E-state index contributed by atoms with van der Waals surface area (Å²) in [6, 6.07) is 14.4. The lowest BCUT2D eigenvalue weighted by molar-refractivity contribution is 0.416. The van der Waals surface area contributed by atoms with Crippen LogP contribution in [0.15, 0.2) is 60.9 Å². The summed E-state index contributed by atoms with van der Waals surface area (Å²) in [5, 5.41) is 15.4. The van der Waals surface area contributed by atoms with E-state index in [1.807, 2.05) is 24.3 Å². The third-order valence-electron chi connectivity index (χ3n) is 2.56. The molecule has 19 heavy (non-hydrogen) atoms. The second-order valence-electron chi connectivity index (χ2n) is 3.98. The number of phenols is 1. The van der Waals surface area contributed by atoms with Gasteiger partial charge in [-0.2, -0.15) is 0 Å². The lowest BCUT2D eigenvalue weighted by Crippen LogP contribution is -2.08. The van der Waals surface area contributed by atoms with Crippen LogP contribution in [0.5, 0.6) is 11.5 Å². The van der Waals surface area contributed by atoms with Gasteiger partial charge in [0.1, 0.15) is 17.3 Å². The first kappa shape index (κ1) is 12.8. The Labute approximate surface area is 112 Å². The van der Waals surface area contributed by atoms with Gasteiger partial charge in [0.2, 0.25) is 0 Å². The van der Waals surface area contributed by atoms with Crippen molar-refractivity contribution in [3.63, 3.8) is 0 Å². The zero-order valence-electron chi connectivity index (χ0n) is 10.7. The van der Waals surface area contributed by atoms with Gasteiger partial charge in [0, 0.05) is 5.69 Å². The molecule has 0 heterocycles. The minimum atomic E-state index is 0.230. The summed E-state index contributed by atoms with van der Waals surface area (Å²) in [4.78, 5) is 0. The van der Waals surface area contributed by atoms with Crippen molar-refractivity contribution >= 4 is 11.4 Å². The molecule has 2 rings (SSSR count). The van der Waals surface area contributed by atoms with Crippen molar-refractivity contribution in [1.29, 1.82) is 0 Å². The molecule has 0 saturated carbocycles. The smallest absolute Gasteiger partial charge is 0.142 e. The van der Waals surface area contributed by atoms with Crippen LogP contribution in [0.3, 0.4) is 0 Å². The quantitative estimate of drug-likeness (QED) is 0.718. The predicted octanol–water partition coefficient (Wildman–Crippen LogP) is 3.40. The molecule has 0 spiro atoms. The maximum atomic E-state index is 9.21. The Kier molecular flexibility index (Phi) is 3.93. The van der Waals surface area contributed by atoms with E-state index in [2.05, 4.69) is 17.2 Å². The molecule has 0 amide bonds. The third-order valence-corrected chi connectivity index (χ3v) is 2.56. The minimum absolute atomic E-state index is 0.230. The molecule has 0 aliphatic heterocycles. The third kappa shape index (κ3) is 3.42. The van der Waals surface area contributed by atoms with Gasteiger partial charge in [-0.05, 0) is 36.4 Å². The van der Waals surface area contributed by atoms with Crippen LogP contribution >= 0.6 is 0 Å². The van der Waals surface area contributed by atoms with Gasteiger partial charge in [-0.15, -0.1) is 0 Å². The largest absolute Gasteiger partial charge is 0.508 e. The summed E-state index contributed by atoms with van der Waals surface area (Å²) < 4.78 is 5.25. The Morgan fingerprint density at radius 1 is 1.05 bits per heavy atom. The van der Waals surface area contributed by atoms with Gasteiger partial charge in [0.15, 0.2) is 0 Å². The van der Waals surface area contributed by atoms with Crippen LogP contribution in [0.1, 0.15) is 0 Å². The molecular formula is C15H16N2O2. The summed E-state index contributed by atoms with van der Waals surface area (Å²) in [5.41, 5.74) is 1.67. The highest BCUT2D eigenvalue weighted by molar-refractivity contribution is 5.62. The van der Waals surface area contributed by atoms with Gasteiger partial charge in [0.25, 0.3) is 0 Å². The second-order valence-corrected chi connectivity index (χ2v) is 3.98. The lowest BCUT2D eigenvalue weighted by atomic mass is 10.3. The number of nitrogens with one attached hydrogen (secondary N) is 2. The first-order valence-electron chi connectivity index (χ1n) is 5.84. The summed E-state index contributed by atoms with van der Waals surface area (Å²) in [7, 11) is 1.62. The molecule has 0 aromatic heterocycles. The van der Waals surface area contributed by atoms with E-state index in [0.29, 0.717) is 5.82 Å². The van der Waals surface area contributed by atoms with Crippen LogP contribution in [0, 0.1) is 0 Å². The van der Waals surface area contributed by atoms with Crippen molar-refractivity contribution in [2.45, 2.75) is 0 Å². The summed E-state index contributed by atoms with van der Waals surface area (Å²) in [6.45, 7) is 3.90. The fraction of sp³-hybridized carbons (Fsp3) is 0.0667. The molecule has 4 nitrogen and oxygen atoms in total. The molecule has 3 N–H and O–H groups in total. The first-order valence-corrected chi connectivity index (χ1v) is 5.84. The van der Waals surface area contributed by atoms with Crippen molar-refractivity contribution < 1.29 is 9.84 Å². The summed E-state index contributed by atoms with van der Waals surface area (Å²) in [5.74, 6) is 1.60. The fourth-order valence-electron chi connectivity index (χ4n) is 1.66. The standard InChI is InChI=1S/C15H16N2O2/c1-11(16-12-7-9-13(18)10-8-12)17-14-5-3-4-6-15(14)19-2/h3-10,16-18H,1H2,2H3. The van der Waals surface area contributed by atoms with E-state index in [1.54, 1.807) is 31.4 Å². The minimum Gasteiger partial charge on any atom is -0.508 e. The zero-order valence-corrected chi connectivity index (χ0v) is 10.7. The number of methoxy groups -OCH3 is 1. The van der Waals surface area contributed by atoms with Crippen LogP contribution in [0.4, 0.5) is 11.4 Å². The Morgan fingerprint density at radius 2 is 1.74 bits per heavy atom. The Balaban J connectivity index is 2.03. The number of ether oxygens (including phenoxy) is 1. The van der Waals surface area contributed by atoms with Crippen molar-refractivity contribution in [1.82, 2.24) is 0 Å². The van der Waals surface area contributed by atoms with E-state index in [1.165, 1.54) is 0 Å². The number of rotatable bonds is 5. The summed E-state index contributed by atoms with van der Waals surface area (Å²) in [6.07, 6.45) is 0. The highest BCUT2D eigenvalue weighted by Gasteiger charge is 2.02. The Hall–Kier alpha value is -2.62. The SMILES string of the molecule is C=C(Nc1ccc(O)cc1)Nc1ccccc1OC. The number of anilines is 2. The second kappa shape index (κ2) is 5.82. The van der Waals surface area contributed by atoms with Gasteiger partial charge >= 0.3 is 0 Å². The van der Waals surface area contributed by atoms with Crippen LogP contribution in [-0.2, 0) is 0 Å². The Morgan fingerprint density at radius 3 is 2.42 bits per heavy atom. The van der Waals surface area contributed by atoms with Crippen LogP contribution in [0.2, 0.25) is 0 Å². The highest BCUT2D eigenvalue weighted by atomic mass is 16.5. The zero-order chi connectivity index (χ0) is 13.7. The van der Waals surface area contributed by atoms with E-state index in [-0.39, 0.29) is 5.75 Å². The number of hydrogen-bond donors (Lipinski definition) is 3. The van der Waals surface area contributed by atoms with Crippen molar-refractivity contribution in [2.24, 2.45) is 0 Å². The van der Waals surface area contributed by atoms with Crippen molar-refractivity contribution in [3.05, 3.63) is 60.9 Å². The van der Waals surface area contributed by atoms with Gasteiger partial charge in [-0.3, -0.25) is 0 Å². The molecule has 0 atom stereocenters. The maximum absolute atomic E-state index is 9.21.